The average Bonchev–Trinajstić information content (AvgIpc) is 2.71. The standard InChI is InChI=1S/C18H15ClN4O8/c1-10-2-4-12(7-14(10)22(27)28)21-16(24)9-31-17(25)8-20-18(26)11-3-5-13(19)15(6-11)23(29)30/h2-7H,8-9H2,1H3,(H,20,26)(H,21,24). The van der Waals surface area contributed by atoms with E-state index in [4.69, 9.17) is 16.3 Å². The van der Waals surface area contributed by atoms with Crippen molar-refractivity contribution in [3.63, 3.8) is 0 Å². The van der Waals surface area contributed by atoms with Gasteiger partial charge in [0.25, 0.3) is 23.2 Å². The Hall–Kier alpha value is -4.06. The predicted octanol–water partition coefficient (Wildman–Crippen LogP) is 2.38. The molecule has 0 bridgehead atoms. The number of rotatable bonds is 8. The third kappa shape index (κ3) is 6.47. The minimum absolute atomic E-state index is 0.0948. The minimum Gasteiger partial charge on any atom is -0.454 e. The fraction of sp³-hybridized carbons (Fsp3) is 0.167. The van der Waals surface area contributed by atoms with Crippen LogP contribution >= 0.6 is 11.6 Å². The molecular weight excluding hydrogens is 436 g/mol. The molecule has 0 aliphatic rings. The minimum atomic E-state index is -0.943. The summed E-state index contributed by atoms with van der Waals surface area (Å²) in [7, 11) is 0. The van der Waals surface area contributed by atoms with Crippen molar-refractivity contribution < 1.29 is 29.0 Å². The van der Waals surface area contributed by atoms with Crippen LogP contribution in [0.2, 0.25) is 5.02 Å². The van der Waals surface area contributed by atoms with Crippen molar-refractivity contribution in [2.75, 3.05) is 18.5 Å². The number of hydrogen-bond acceptors (Lipinski definition) is 8. The van der Waals surface area contributed by atoms with Crippen LogP contribution in [-0.4, -0.2) is 40.8 Å². The van der Waals surface area contributed by atoms with E-state index >= 15 is 0 Å². The maximum absolute atomic E-state index is 12.0. The Morgan fingerprint density at radius 3 is 2.35 bits per heavy atom. The van der Waals surface area contributed by atoms with Gasteiger partial charge in [0.1, 0.15) is 11.6 Å². The molecule has 0 saturated carbocycles. The van der Waals surface area contributed by atoms with Crippen molar-refractivity contribution in [3.8, 4) is 0 Å². The highest BCUT2D eigenvalue weighted by molar-refractivity contribution is 6.32. The van der Waals surface area contributed by atoms with Crippen LogP contribution in [0.4, 0.5) is 17.1 Å². The summed E-state index contributed by atoms with van der Waals surface area (Å²) >= 11 is 5.67. The third-order valence-corrected chi connectivity index (χ3v) is 4.17. The van der Waals surface area contributed by atoms with Gasteiger partial charge in [-0.15, -0.1) is 0 Å². The first kappa shape index (κ1) is 23.2. The quantitative estimate of drug-likeness (QED) is 0.350. The van der Waals surface area contributed by atoms with Crippen molar-refractivity contribution in [1.29, 1.82) is 0 Å². The van der Waals surface area contributed by atoms with Crippen molar-refractivity contribution in [2.45, 2.75) is 6.92 Å². The Balaban J connectivity index is 1.84. The third-order valence-electron chi connectivity index (χ3n) is 3.85. The summed E-state index contributed by atoms with van der Waals surface area (Å²) in [6.07, 6.45) is 0. The largest absolute Gasteiger partial charge is 0.454 e. The summed E-state index contributed by atoms with van der Waals surface area (Å²) in [6.45, 7) is 0.253. The lowest BCUT2D eigenvalue weighted by Crippen LogP contribution is -2.32. The number of benzene rings is 2. The second-order valence-electron chi connectivity index (χ2n) is 6.07. The number of ether oxygens (including phenoxy) is 1. The molecule has 2 N–H and O–H groups in total. The number of nitrogens with one attached hydrogen (secondary N) is 2. The van der Waals surface area contributed by atoms with Gasteiger partial charge < -0.3 is 15.4 Å². The smallest absolute Gasteiger partial charge is 0.325 e. The first-order valence-corrected chi connectivity index (χ1v) is 8.89. The number of halogens is 1. The highest BCUT2D eigenvalue weighted by Gasteiger charge is 2.17. The Labute approximate surface area is 179 Å². The van der Waals surface area contributed by atoms with Crippen LogP contribution in [-0.2, 0) is 14.3 Å². The van der Waals surface area contributed by atoms with Crippen molar-refractivity contribution in [1.82, 2.24) is 5.32 Å². The predicted molar refractivity (Wildman–Crippen MR) is 108 cm³/mol. The zero-order valence-corrected chi connectivity index (χ0v) is 16.7. The maximum Gasteiger partial charge on any atom is 0.325 e. The maximum atomic E-state index is 12.0. The molecule has 0 radical (unpaired) electrons. The summed E-state index contributed by atoms with van der Waals surface area (Å²) in [4.78, 5) is 56.0. The van der Waals surface area contributed by atoms with Gasteiger partial charge in [-0.1, -0.05) is 17.7 Å². The molecule has 0 fully saturated rings. The van der Waals surface area contributed by atoms with Gasteiger partial charge in [-0.05, 0) is 25.1 Å². The van der Waals surface area contributed by atoms with E-state index in [1.54, 1.807) is 6.92 Å². The second kappa shape index (κ2) is 10.1. The van der Waals surface area contributed by atoms with E-state index in [2.05, 4.69) is 10.6 Å². The molecule has 0 aliphatic heterocycles. The van der Waals surface area contributed by atoms with Gasteiger partial charge in [-0.2, -0.15) is 0 Å². The van der Waals surface area contributed by atoms with Crippen molar-refractivity contribution >= 4 is 46.4 Å². The zero-order chi connectivity index (χ0) is 23.1. The molecule has 2 aromatic rings. The first-order valence-electron chi connectivity index (χ1n) is 8.51. The van der Waals surface area contributed by atoms with E-state index in [9.17, 15) is 34.6 Å². The van der Waals surface area contributed by atoms with Gasteiger partial charge in [0, 0.05) is 28.9 Å². The van der Waals surface area contributed by atoms with Crippen LogP contribution in [0.15, 0.2) is 36.4 Å². The monoisotopic (exact) mass is 450 g/mol. The molecule has 0 aliphatic carbocycles. The van der Waals surface area contributed by atoms with Gasteiger partial charge in [-0.3, -0.25) is 34.6 Å². The molecule has 0 heterocycles. The van der Waals surface area contributed by atoms with Crippen molar-refractivity contribution in [2.24, 2.45) is 0 Å². The second-order valence-corrected chi connectivity index (χ2v) is 6.48. The molecule has 31 heavy (non-hydrogen) atoms. The number of hydrogen-bond donors (Lipinski definition) is 2. The Bertz CT molecular complexity index is 1070. The van der Waals surface area contributed by atoms with Crippen LogP contribution < -0.4 is 10.6 Å². The topological polar surface area (TPSA) is 171 Å². The fourth-order valence-electron chi connectivity index (χ4n) is 2.33. The SMILES string of the molecule is Cc1ccc(NC(=O)COC(=O)CNC(=O)c2ccc(Cl)c([N+](=O)[O-])c2)cc1[N+](=O)[O-]. The molecule has 12 nitrogen and oxygen atoms in total. The number of esters is 1. The molecule has 0 saturated heterocycles. The molecule has 13 heteroatoms. The molecule has 0 atom stereocenters. The van der Waals surface area contributed by atoms with E-state index in [1.165, 1.54) is 30.3 Å². The van der Waals surface area contributed by atoms with Crippen LogP contribution in [0.5, 0.6) is 0 Å². The van der Waals surface area contributed by atoms with E-state index < -0.39 is 46.5 Å². The van der Waals surface area contributed by atoms with Crippen LogP contribution in [0.25, 0.3) is 0 Å². The summed E-state index contributed by atoms with van der Waals surface area (Å²) in [6, 6.07) is 7.44. The number of carbonyl (C=O) groups excluding carboxylic acids is 3. The lowest BCUT2D eigenvalue weighted by Gasteiger charge is -2.08. The van der Waals surface area contributed by atoms with E-state index in [-0.39, 0.29) is 22.0 Å². The Kier molecular flexibility index (Phi) is 7.58. The molecule has 0 aromatic heterocycles. The highest BCUT2D eigenvalue weighted by Crippen LogP contribution is 2.25. The summed E-state index contributed by atoms with van der Waals surface area (Å²) in [5.74, 6) is -2.47. The van der Waals surface area contributed by atoms with Gasteiger partial charge in [0.05, 0.1) is 9.85 Å². The zero-order valence-electron chi connectivity index (χ0n) is 15.9. The van der Waals surface area contributed by atoms with E-state index in [0.717, 1.165) is 6.07 Å². The molecule has 2 rings (SSSR count). The lowest BCUT2D eigenvalue weighted by molar-refractivity contribution is -0.385. The van der Waals surface area contributed by atoms with E-state index in [1.807, 2.05) is 0 Å². The van der Waals surface area contributed by atoms with Gasteiger partial charge >= 0.3 is 5.97 Å². The summed E-state index contributed by atoms with van der Waals surface area (Å²) < 4.78 is 4.72. The number of nitro benzene ring substituents is 2. The first-order chi connectivity index (χ1) is 14.6. The number of carbonyl (C=O) groups is 3. The van der Waals surface area contributed by atoms with E-state index in [0.29, 0.717) is 5.56 Å². The number of anilines is 1. The number of nitro groups is 2. The Morgan fingerprint density at radius 2 is 1.71 bits per heavy atom. The average molecular weight is 451 g/mol. The molecule has 162 valence electrons. The molecule has 0 unspecified atom stereocenters. The van der Waals surface area contributed by atoms with Crippen molar-refractivity contribution in [3.05, 3.63) is 72.8 Å². The number of amides is 2. The fourth-order valence-corrected chi connectivity index (χ4v) is 2.51. The lowest BCUT2D eigenvalue weighted by atomic mass is 10.2. The molecular formula is C18H15ClN4O8. The van der Waals surface area contributed by atoms with Crippen LogP contribution in [0.3, 0.4) is 0 Å². The summed E-state index contributed by atoms with van der Waals surface area (Å²) in [5, 5.41) is 26.2. The van der Waals surface area contributed by atoms with Gasteiger partial charge in [0.15, 0.2) is 6.61 Å². The highest BCUT2D eigenvalue weighted by atomic mass is 35.5. The normalized spacial score (nSPS) is 10.1. The molecule has 2 aromatic carbocycles. The summed E-state index contributed by atoms with van der Waals surface area (Å²) in [5.41, 5.74) is -0.181. The van der Waals surface area contributed by atoms with Crippen LogP contribution in [0.1, 0.15) is 15.9 Å². The molecule has 2 amide bonds. The number of aryl methyl sites for hydroxylation is 1. The Morgan fingerprint density at radius 1 is 1.03 bits per heavy atom. The number of nitrogens with zero attached hydrogens (tertiary/aromatic N) is 2. The molecule has 0 spiro atoms. The van der Waals surface area contributed by atoms with Gasteiger partial charge in [-0.25, -0.2) is 0 Å². The van der Waals surface area contributed by atoms with Crippen LogP contribution in [0, 0.1) is 27.2 Å². The van der Waals surface area contributed by atoms with Gasteiger partial charge in [0.2, 0.25) is 0 Å².